The molecule has 0 saturated heterocycles. The third kappa shape index (κ3) is 1.74. The molecule has 1 aromatic rings. The third-order valence-corrected chi connectivity index (χ3v) is 2.06. The molecule has 7 heteroatoms. The van der Waals surface area contributed by atoms with Gasteiger partial charge >= 0.3 is 5.97 Å². The van der Waals surface area contributed by atoms with Crippen LogP contribution >= 0.6 is 0 Å². The molecule has 2 heterocycles. The van der Waals surface area contributed by atoms with Gasteiger partial charge in [-0.3, -0.25) is 14.5 Å². The van der Waals surface area contributed by atoms with Crippen molar-refractivity contribution in [2.75, 3.05) is 23.8 Å². The summed E-state index contributed by atoms with van der Waals surface area (Å²) < 4.78 is 5.10. The van der Waals surface area contributed by atoms with E-state index in [9.17, 15) is 9.59 Å². The minimum atomic E-state index is -1.11. The molecular formula is C9H9N3O4. The summed E-state index contributed by atoms with van der Waals surface area (Å²) in [6.07, 6.45) is 1.34. The number of rotatable bonds is 2. The Balaban J connectivity index is 2.40. The Labute approximate surface area is 90.4 Å². The molecule has 0 saturated carbocycles. The number of anilines is 2. The minimum Gasteiger partial charge on any atom is -0.480 e. The van der Waals surface area contributed by atoms with Crippen molar-refractivity contribution in [2.45, 2.75) is 0 Å². The summed E-state index contributed by atoms with van der Waals surface area (Å²) in [5, 5.41) is 8.68. The summed E-state index contributed by atoms with van der Waals surface area (Å²) in [5.74, 6) is -1.04. The molecule has 0 bridgehead atoms. The molecule has 0 radical (unpaired) electrons. The van der Waals surface area contributed by atoms with E-state index in [4.69, 9.17) is 15.6 Å². The molecule has 2 rings (SSSR count). The SMILES string of the molecule is Nc1cnc2c(c1)OCC(=O)N2CC(=O)O. The second-order valence-corrected chi connectivity index (χ2v) is 3.25. The highest BCUT2D eigenvalue weighted by atomic mass is 16.5. The Morgan fingerprint density at radius 3 is 3.12 bits per heavy atom. The van der Waals surface area contributed by atoms with Crippen molar-refractivity contribution in [3.8, 4) is 5.75 Å². The van der Waals surface area contributed by atoms with E-state index < -0.39 is 18.4 Å². The number of carboxylic acids is 1. The van der Waals surface area contributed by atoms with E-state index >= 15 is 0 Å². The third-order valence-electron chi connectivity index (χ3n) is 2.06. The van der Waals surface area contributed by atoms with Crippen molar-refractivity contribution in [1.82, 2.24) is 4.98 Å². The van der Waals surface area contributed by atoms with Crippen molar-refractivity contribution >= 4 is 23.4 Å². The highest BCUT2D eigenvalue weighted by molar-refractivity contribution is 6.00. The fourth-order valence-electron chi connectivity index (χ4n) is 1.40. The van der Waals surface area contributed by atoms with Gasteiger partial charge in [0.15, 0.2) is 18.2 Å². The smallest absolute Gasteiger partial charge is 0.323 e. The number of pyridine rings is 1. The van der Waals surface area contributed by atoms with E-state index in [1.54, 1.807) is 0 Å². The molecule has 0 atom stereocenters. The lowest BCUT2D eigenvalue weighted by molar-refractivity contribution is -0.137. The molecule has 0 unspecified atom stereocenters. The first kappa shape index (κ1) is 10.2. The van der Waals surface area contributed by atoms with Gasteiger partial charge in [-0.2, -0.15) is 0 Å². The summed E-state index contributed by atoms with van der Waals surface area (Å²) in [6, 6.07) is 1.50. The number of carbonyl (C=O) groups is 2. The van der Waals surface area contributed by atoms with Crippen molar-refractivity contribution < 1.29 is 19.4 Å². The van der Waals surface area contributed by atoms with Crippen LogP contribution in [0.3, 0.4) is 0 Å². The van der Waals surface area contributed by atoms with E-state index in [0.29, 0.717) is 11.4 Å². The Morgan fingerprint density at radius 2 is 2.44 bits per heavy atom. The van der Waals surface area contributed by atoms with Gasteiger partial charge in [0.2, 0.25) is 0 Å². The molecule has 1 aromatic heterocycles. The number of nitrogens with zero attached hydrogens (tertiary/aromatic N) is 2. The summed E-state index contributed by atoms with van der Waals surface area (Å²) in [7, 11) is 0. The molecule has 84 valence electrons. The topological polar surface area (TPSA) is 106 Å². The molecule has 0 fully saturated rings. The predicted octanol–water partition coefficient (Wildman–Crippen LogP) is -0.526. The average Bonchev–Trinajstić information content (AvgIpc) is 2.22. The van der Waals surface area contributed by atoms with Crippen LogP contribution in [-0.2, 0) is 9.59 Å². The monoisotopic (exact) mass is 223 g/mol. The number of ether oxygens (including phenoxy) is 1. The Hall–Kier alpha value is -2.31. The number of nitrogens with two attached hydrogens (primary N) is 1. The fraction of sp³-hybridized carbons (Fsp3) is 0.222. The molecule has 1 amide bonds. The maximum atomic E-state index is 11.4. The molecular weight excluding hydrogens is 214 g/mol. The lowest BCUT2D eigenvalue weighted by Gasteiger charge is -2.26. The minimum absolute atomic E-state index is 0.188. The molecule has 7 nitrogen and oxygen atoms in total. The summed E-state index contributed by atoms with van der Waals surface area (Å²) in [6.45, 7) is -0.641. The largest absolute Gasteiger partial charge is 0.480 e. The normalized spacial score (nSPS) is 14.2. The molecule has 1 aliphatic rings. The van der Waals surface area contributed by atoms with Crippen molar-refractivity contribution in [2.24, 2.45) is 0 Å². The van der Waals surface area contributed by atoms with Gasteiger partial charge in [-0.1, -0.05) is 0 Å². The van der Waals surface area contributed by atoms with E-state index in [-0.39, 0.29) is 12.4 Å². The number of carbonyl (C=O) groups excluding carboxylic acids is 1. The van der Waals surface area contributed by atoms with E-state index in [2.05, 4.69) is 4.98 Å². The molecule has 16 heavy (non-hydrogen) atoms. The number of hydrogen-bond donors (Lipinski definition) is 2. The zero-order valence-electron chi connectivity index (χ0n) is 8.21. The number of amides is 1. The zero-order valence-corrected chi connectivity index (χ0v) is 8.21. The molecule has 0 aliphatic carbocycles. The Morgan fingerprint density at radius 1 is 1.69 bits per heavy atom. The second-order valence-electron chi connectivity index (χ2n) is 3.25. The average molecular weight is 223 g/mol. The Kier molecular flexibility index (Phi) is 2.35. The maximum absolute atomic E-state index is 11.4. The van der Waals surface area contributed by atoms with Crippen LogP contribution in [0.25, 0.3) is 0 Å². The van der Waals surface area contributed by atoms with Crippen LogP contribution in [0.5, 0.6) is 5.75 Å². The zero-order chi connectivity index (χ0) is 11.7. The molecule has 0 spiro atoms. The maximum Gasteiger partial charge on any atom is 0.323 e. The van der Waals surface area contributed by atoms with Crippen molar-refractivity contribution in [3.63, 3.8) is 0 Å². The lowest BCUT2D eigenvalue weighted by atomic mass is 10.3. The second kappa shape index (κ2) is 3.69. The highest BCUT2D eigenvalue weighted by Crippen LogP contribution is 2.30. The van der Waals surface area contributed by atoms with Gasteiger partial charge in [0.25, 0.3) is 5.91 Å². The summed E-state index contributed by atoms with van der Waals surface area (Å²) >= 11 is 0. The first-order valence-electron chi connectivity index (χ1n) is 4.48. The number of nitrogen functional groups attached to an aromatic ring is 1. The fourth-order valence-corrected chi connectivity index (χ4v) is 1.40. The van der Waals surface area contributed by atoms with Gasteiger partial charge in [0.05, 0.1) is 11.9 Å². The number of aliphatic carboxylic acids is 1. The number of hydrogen-bond acceptors (Lipinski definition) is 5. The van der Waals surface area contributed by atoms with Crippen LogP contribution < -0.4 is 15.4 Å². The van der Waals surface area contributed by atoms with E-state index in [1.807, 2.05) is 0 Å². The lowest BCUT2D eigenvalue weighted by Crippen LogP contribution is -2.42. The van der Waals surface area contributed by atoms with Crippen LogP contribution in [0.1, 0.15) is 0 Å². The standard InChI is InChI=1S/C9H9N3O4/c10-5-1-6-9(11-2-5)12(3-8(14)15)7(13)4-16-6/h1-2H,3-4,10H2,(H,14,15). The van der Waals surface area contributed by atoms with Gasteiger partial charge in [0.1, 0.15) is 6.54 Å². The van der Waals surface area contributed by atoms with Crippen LogP contribution in [0.15, 0.2) is 12.3 Å². The van der Waals surface area contributed by atoms with Gasteiger partial charge in [-0.15, -0.1) is 0 Å². The first-order valence-corrected chi connectivity index (χ1v) is 4.48. The summed E-state index contributed by atoms with van der Waals surface area (Å²) in [4.78, 5) is 27.0. The first-order chi connectivity index (χ1) is 7.58. The van der Waals surface area contributed by atoms with E-state index in [0.717, 1.165) is 4.90 Å². The van der Waals surface area contributed by atoms with E-state index in [1.165, 1.54) is 12.3 Å². The predicted molar refractivity (Wildman–Crippen MR) is 54.1 cm³/mol. The van der Waals surface area contributed by atoms with Crippen LogP contribution in [0.4, 0.5) is 11.5 Å². The highest BCUT2D eigenvalue weighted by Gasteiger charge is 2.28. The van der Waals surface area contributed by atoms with Crippen LogP contribution in [0.2, 0.25) is 0 Å². The molecule has 1 aliphatic heterocycles. The van der Waals surface area contributed by atoms with Crippen LogP contribution in [-0.4, -0.2) is 35.1 Å². The van der Waals surface area contributed by atoms with Crippen molar-refractivity contribution in [3.05, 3.63) is 12.3 Å². The van der Waals surface area contributed by atoms with Gasteiger partial charge < -0.3 is 15.6 Å². The van der Waals surface area contributed by atoms with Gasteiger partial charge in [0, 0.05) is 6.07 Å². The number of aromatic nitrogens is 1. The van der Waals surface area contributed by atoms with Gasteiger partial charge in [-0.05, 0) is 0 Å². The Bertz CT molecular complexity index is 460. The van der Waals surface area contributed by atoms with Gasteiger partial charge in [-0.25, -0.2) is 4.98 Å². The van der Waals surface area contributed by atoms with Crippen LogP contribution in [0, 0.1) is 0 Å². The number of fused-ring (bicyclic) bond motifs is 1. The quantitative estimate of drug-likeness (QED) is 0.698. The summed E-state index contributed by atoms with van der Waals surface area (Å²) in [5.41, 5.74) is 5.89. The molecule has 3 N–H and O–H groups in total. The number of carboxylic acid groups (broad SMARTS) is 1. The van der Waals surface area contributed by atoms with Crippen molar-refractivity contribution in [1.29, 1.82) is 0 Å². The molecule has 0 aromatic carbocycles.